The molecule has 1 aromatic heterocycles. The largest absolute Gasteiger partial charge is 0.339 e. The van der Waals surface area contributed by atoms with Gasteiger partial charge in [-0.05, 0) is 6.07 Å². The fraction of sp³-hybridized carbons (Fsp3) is 0.545. The van der Waals surface area contributed by atoms with E-state index in [0.717, 1.165) is 13.1 Å². The fourth-order valence-electron chi connectivity index (χ4n) is 1.87. The Morgan fingerprint density at radius 1 is 1.44 bits per heavy atom. The summed E-state index contributed by atoms with van der Waals surface area (Å²) in [5.74, 6) is -0.247. The number of hydrogen-bond donors (Lipinski definition) is 2. The molecule has 2 heterocycles. The van der Waals surface area contributed by atoms with Crippen LogP contribution in [0.1, 0.15) is 10.5 Å². The molecule has 0 radical (unpaired) electrons. The number of aromatic amines is 1. The van der Waals surface area contributed by atoms with Crippen LogP contribution in [0.2, 0.25) is 0 Å². The van der Waals surface area contributed by atoms with Gasteiger partial charge in [-0.15, -0.1) is 0 Å². The predicted molar refractivity (Wildman–Crippen MR) is 65.0 cm³/mol. The highest BCUT2D eigenvalue weighted by molar-refractivity contribution is 5.94. The molecule has 1 aromatic rings. The van der Waals surface area contributed by atoms with Gasteiger partial charge < -0.3 is 15.1 Å². The maximum atomic E-state index is 12.0. The molecular formula is C11H17N5O2. The average Bonchev–Trinajstić information content (AvgIpc) is 2.92. The van der Waals surface area contributed by atoms with Crippen LogP contribution in [0.3, 0.4) is 0 Å². The summed E-state index contributed by atoms with van der Waals surface area (Å²) in [6, 6.07) is 1.59. The van der Waals surface area contributed by atoms with Gasteiger partial charge in [0, 0.05) is 39.4 Å². The molecule has 2 amide bonds. The molecule has 0 aromatic carbocycles. The molecule has 1 saturated heterocycles. The van der Waals surface area contributed by atoms with E-state index in [9.17, 15) is 9.59 Å². The number of nitrogens with one attached hydrogen (secondary N) is 2. The molecule has 2 N–H and O–H groups in total. The molecule has 18 heavy (non-hydrogen) atoms. The summed E-state index contributed by atoms with van der Waals surface area (Å²) in [5.41, 5.74) is 0.394. The number of rotatable bonds is 3. The van der Waals surface area contributed by atoms with E-state index >= 15 is 0 Å². The summed E-state index contributed by atoms with van der Waals surface area (Å²) in [5, 5.41) is 9.49. The predicted octanol–water partition coefficient (Wildman–Crippen LogP) is -1.09. The van der Waals surface area contributed by atoms with Crippen LogP contribution in [-0.2, 0) is 4.79 Å². The van der Waals surface area contributed by atoms with Crippen LogP contribution in [0, 0.1) is 0 Å². The highest BCUT2D eigenvalue weighted by atomic mass is 16.2. The summed E-state index contributed by atoms with van der Waals surface area (Å²) in [4.78, 5) is 27.0. The SMILES string of the molecule is CN(CC(=O)N1CCNCC1)C(=O)c1ccn[nH]1. The highest BCUT2D eigenvalue weighted by Gasteiger charge is 2.21. The number of aromatic nitrogens is 2. The maximum Gasteiger partial charge on any atom is 0.272 e. The van der Waals surface area contributed by atoms with Crippen LogP contribution in [0.15, 0.2) is 12.3 Å². The second-order valence-electron chi connectivity index (χ2n) is 4.26. The molecule has 0 bridgehead atoms. The fourth-order valence-corrected chi connectivity index (χ4v) is 1.87. The van der Waals surface area contributed by atoms with Crippen molar-refractivity contribution in [3.8, 4) is 0 Å². The van der Waals surface area contributed by atoms with Crippen molar-refractivity contribution in [3.05, 3.63) is 18.0 Å². The van der Waals surface area contributed by atoms with Crippen LogP contribution < -0.4 is 5.32 Å². The van der Waals surface area contributed by atoms with E-state index in [4.69, 9.17) is 0 Å². The summed E-state index contributed by atoms with van der Waals surface area (Å²) >= 11 is 0. The lowest BCUT2D eigenvalue weighted by Gasteiger charge is -2.29. The molecule has 0 spiro atoms. The van der Waals surface area contributed by atoms with Crippen molar-refractivity contribution < 1.29 is 9.59 Å². The minimum atomic E-state index is -0.226. The van der Waals surface area contributed by atoms with Gasteiger partial charge in [0.15, 0.2) is 0 Å². The van der Waals surface area contributed by atoms with Crippen LogP contribution in [0.25, 0.3) is 0 Å². The van der Waals surface area contributed by atoms with Crippen LogP contribution in [-0.4, -0.2) is 71.6 Å². The van der Waals surface area contributed by atoms with Gasteiger partial charge in [-0.25, -0.2) is 0 Å². The van der Waals surface area contributed by atoms with Crippen molar-refractivity contribution in [2.75, 3.05) is 39.8 Å². The van der Waals surface area contributed by atoms with Gasteiger partial charge in [-0.3, -0.25) is 14.7 Å². The minimum absolute atomic E-state index is 0.0214. The molecule has 2 rings (SSSR count). The van der Waals surface area contributed by atoms with Crippen molar-refractivity contribution in [2.24, 2.45) is 0 Å². The lowest BCUT2D eigenvalue weighted by molar-refractivity contribution is -0.132. The second kappa shape index (κ2) is 5.63. The van der Waals surface area contributed by atoms with Crippen LogP contribution >= 0.6 is 0 Å². The second-order valence-corrected chi connectivity index (χ2v) is 4.26. The molecule has 1 aliphatic rings. The van der Waals surface area contributed by atoms with Gasteiger partial charge in [0.1, 0.15) is 5.69 Å². The zero-order chi connectivity index (χ0) is 13.0. The van der Waals surface area contributed by atoms with Gasteiger partial charge in [0.05, 0.1) is 6.54 Å². The standard InChI is InChI=1S/C11H17N5O2/c1-15(11(18)9-2-3-13-14-9)8-10(17)16-6-4-12-5-7-16/h2-3,12H,4-8H2,1H3,(H,13,14). The number of piperazine rings is 1. The molecule has 7 heteroatoms. The molecule has 7 nitrogen and oxygen atoms in total. The summed E-state index contributed by atoms with van der Waals surface area (Å²) in [6.45, 7) is 3.11. The number of hydrogen-bond acceptors (Lipinski definition) is 4. The number of H-pyrrole nitrogens is 1. The Balaban J connectivity index is 1.88. The van der Waals surface area contributed by atoms with Gasteiger partial charge in [-0.1, -0.05) is 0 Å². The first-order valence-corrected chi connectivity index (χ1v) is 5.92. The van der Waals surface area contributed by atoms with Gasteiger partial charge in [0.2, 0.25) is 5.91 Å². The van der Waals surface area contributed by atoms with E-state index in [1.165, 1.54) is 11.1 Å². The average molecular weight is 251 g/mol. The Kier molecular flexibility index (Phi) is 3.93. The maximum absolute atomic E-state index is 12.0. The van der Waals surface area contributed by atoms with Gasteiger partial charge in [0.25, 0.3) is 5.91 Å². The smallest absolute Gasteiger partial charge is 0.272 e. The minimum Gasteiger partial charge on any atom is -0.339 e. The number of amides is 2. The first-order chi connectivity index (χ1) is 8.68. The number of nitrogens with zero attached hydrogens (tertiary/aromatic N) is 3. The monoisotopic (exact) mass is 251 g/mol. The Morgan fingerprint density at radius 3 is 2.78 bits per heavy atom. The summed E-state index contributed by atoms with van der Waals surface area (Å²) in [7, 11) is 1.61. The lowest BCUT2D eigenvalue weighted by atomic mass is 10.3. The number of likely N-dealkylation sites (N-methyl/N-ethyl adjacent to an activating group) is 1. The topological polar surface area (TPSA) is 81.3 Å². The first kappa shape index (κ1) is 12.6. The quantitative estimate of drug-likeness (QED) is 0.715. The number of carbonyl (C=O) groups excluding carboxylic acids is 2. The summed E-state index contributed by atoms with van der Waals surface area (Å²) in [6.07, 6.45) is 1.51. The third-order valence-corrected chi connectivity index (χ3v) is 2.92. The van der Waals surface area contributed by atoms with Crippen molar-refractivity contribution in [1.82, 2.24) is 25.3 Å². The molecule has 1 aliphatic heterocycles. The van der Waals surface area contributed by atoms with Crippen molar-refractivity contribution >= 4 is 11.8 Å². The molecule has 0 aliphatic carbocycles. The van der Waals surface area contributed by atoms with E-state index in [1.807, 2.05) is 0 Å². The van der Waals surface area contributed by atoms with E-state index in [0.29, 0.717) is 18.8 Å². The van der Waals surface area contributed by atoms with Crippen LogP contribution in [0.4, 0.5) is 0 Å². The Bertz CT molecular complexity index is 411. The third-order valence-electron chi connectivity index (χ3n) is 2.92. The number of carbonyl (C=O) groups is 2. The van der Waals surface area contributed by atoms with Crippen molar-refractivity contribution in [3.63, 3.8) is 0 Å². The molecule has 0 unspecified atom stereocenters. The molecule has 1 fully saturated rings. The third kappa shape index (κ3) is 2.86. The van der Waals surface area contributed by atoms with Gasteiger partial charge in [-0.2, -0.15) is 5.10 Å². The highest BCUT2D eigenvalue weighted by Crippen LogP contribution is 2.00. The molecule has 0 atom stereocenters. The van der Waals surface area contributed by atoms with Crippen LogP contribution in [0.5, 0.6) is 0 Å². The Labute approximate surface area is 105 Å². The Hall–Kier alpha value is -1.89. The van der Waals surface area contributed by atoms with E-state index in [2.05, 4.69) is 15.5 Å². The van der Waals surface area contributed by atoms with Crippen molar-refractivity contribution in [2.45, 2.75) is 0 Å². The van der Waals surface area contributed by atoms with Gasteiger partial charge >= 0.3 is 0 Å². The zero-order valence-corrected chi connectivity index (χ0v) is 10.3. The lowest BCUT2D eigenvalue weighted by Crippen LogP contribution is -2.49. The van der Waals surface area contributed by atoms with E-state index < -0.39 is 0 Å². The Morgan fingerprint density at radius 2 is 2.17 bits per heavy atom. The summed E-state index contributed by atoms with van der Waals surface area (Å²) < 4.78 is 0. The molecule has 98 valence electrons. The normalized spacial score (nSPS) is 15.5. The first-order valence-electron chi connectivity index (χ1n) is 5.92. The van der Waals surface area contributed by atoms with E-state index in [1.54, 1.807) is 18.0 Å². The van der Waals surface area contributed by atoms with E-state index in [-0.39, 0.29) is 18.4 Å². The molecule has 0 saturated carbocycles. The van der Waals surface area contributed by atoms with Crippen molar-refractivity contribution in [1.29, 1.82) is 0 Å². The zero-order valence-electron chi connectivity index (χ0n) is 10.3. The molecular weight excluding hydrogens is 234 g/mol.